The summed E-state index contributed by atoms with van der Waals surface area (Å²) in [6, 6.07) is 0.366. The van der Waals surface area contributed by atoms with Gasteiger partial charge in [0.15, 0.2) is 0 Å². The maximum absolute atomic E-state index is 11.1. The third kappa shape index (κ3) is 3.91. The lowest BCUT2D eigenvalue weighted by Crippen LogP contribution is -2.53. The van der Waals surface area contributed by atoms with Gasteiger partial charge in [-0.2, -0.15) is 0 Å². The highest BCUT2D eigenvalue weighted by atomic mass is 16.5. The minimum absolute atomic E-state index is 0.0811. The van der Waals surface area contributed by atoms with E-state index in [0.717, 1.165) is 45.4 Å². The molecule has 0 radical (unpaired) electrons. The summed E-state index contributed by atoms with van der Waals surface area (Å²) >= 11 is 0. The summed E-state index contributed by atoms with van der Waals surface area (Å²) in [6.45, 7) is 2.65. The molecule has 1 heterocycles. The van der Waals surface area contributed by atoms with Crippen molar-refractivity contribution in [3.05, 3.63) is 0 Å². The smallest absolute Gasteiger partial charge is 0.317 e. The average Bonchev–Trinajstić information content (AvgIpc) is 2.32. The molecule has 0 bridgehead atoms. The van der Waals surface area contributed by atoms with Gasteiger partial charge < -0.3 is 14.7 Å². The average molecular weight is 270 g/mol. The first-order chi connectivity index (χ1) is 9.01. The molecule has 1 saturated carbocycles. The predicted molar refractivity (Wildman–Crippen MR) is 73.3 cm³/mol. The van der Waals surface area contributed by atoms with Gasteiger partial charge in [-0.25, -0.2) is 0 Å². The second-order valence-corrected chi connectivity index (χ2v) is 6.20. The van der Waals surface area contributed by atoms with Crippen LogP contribution in [0.2, 0.25) is 0 Å². The van der Waals surface area contributed by atoms with E-state index in [1.54, 1.807) is 0 Å². The lowest BCUT2D eigenvalue weighted by Gasteiger charge is -2.49. The third-order valence-electron chi connectivity index (χ3n) is 4.42. The van der Waals surface area contributed by atoms with Crippen molar-refractivity contribution < 1.29 is 14.6 Å². The lowest BCUT2D eigenvalue weighted by molar-refractivity contribution is -0.155. The number of likely N-dealkylation sites (N-methyl/N-ethyl adjacent to an activating group) is 1. The monoisotopic (exact) mass is 270 g/mol. The number of hydrogen-bond acceptors (Lipinski definition) is 4. The summed E-state index contributed by atoms with van der Waals surface area (Å²) in [5, 5.41) is 9.09. The Morgan fingerprint density at radius 2 is 2.11 bits per heavy atom. The fraction of sp³-hybridized carbons (Fsp3) is 0.929. The van der Waals surface area contributed by atoms with Gasteiger partial charge in [0.1, 0.15) is 0 Å². The first-order valence-corrected chi connectivity index (χ1v) is 7.25. The third-order valence-corrected chi connectivity index (χ3v) is 4.42. The molecule has 1 aliphatic carbocycles. The normalized spacial score (nSPS) is 25.8. The predicted octanol–water partition coefficient (Wildman–Crippen LogP) is 1.04. The van der Waals surface area contributed by atoms with Crippen LogP contribution in [0.5, 0.6) is 0 Å². The van der Waals surface area contributed by atoms with E-state index in [0.29, 0.717) is 6.04 Å². The van der Waals surface area contributed by atoms with E-state index in [2.05, 4.69) is 9.80 Å². The highest BCUT2D eigenvalue weighted by molar-refractivity contribution is 5.69. The number of ether oxygens (including phenoxy) is 1. The molecule has 1 N–H and O–H groups in total. The number of carboxylic acid groups (broad SMARTS) is 1. The molecule has 5 nitrogen and oxygen atoms in total. The Labute approximate surface area is 115 Å². The zero-order valence-corrected chi connectivity index (χ0v) is 12.1. The quantitative estimate of drug-likeness (QED) is 0.781. The summed E-state index contributed by atoms with van der Waals surface area (Å²) in [7, 11) is 4.05. The molecular formula is C14H26N2O3. The van der Waals surface area contributed by atoms with Crippen molar-refractivity contribution in [2.24, 2.45) is 0 Å². The Bertz CT molecular complexity index is 316. The topological polar surface area (TPSA) is 53.0 Å². The number of nitrogens with zero attached hydrogens (tertiary/aromatic N) is 2. The molecule has 1 saturated heterocycles. The molecule has 1 spiro atoms. The summed E-state index contributed by atoms with van der Waals surface area (Å²) in [5.41, 5.74) is 0.0811. The van der Waals surface area contributed by atoms with E-state index in [1.807, 2.05) is 14.1 Å². The second-order valence-electron chi connectivity index (χ2n) is 6.20. The van der Waals surface area contributed by atoms with E-state index >= 15 is 0 Å². The molecule has 110 valence electrons. The lowest BCUT2D eigenvalue weighted by atomic mass is 9.73. The minimum atomic E-state index is -0.729. The van der Waals surface area contributed by atoms with Crippen molar-refractivity contribution in [3.63, 3.8) is 0 Å². The molecular weight excluding hydrogens is 244 g/mol. The summed E-state index contributed by atoms with van der Waals surface area (Å²) in [5.74, 6) is -0.729. The molecule has 1 atom stereocenters. The van der Waals surface area contributed by atoms with Gasteiger partial charge in [-0.3, -0.25) is 9.69 Å². The van der Waals surface area contributed by atoms with Gasteiger partial charge in [0.25, 0.3) is 0 Å². The van der Waals surface area contributed by atoms with Crippen LogP contribution < -0.4 is 0 Å². The molecule has 2 fully saturated rings. The molecule has 19 heavy (non-hydrogen) atoms. The van der Waals surface area contributed by atoms with Crippen LogP contribution in [0, 0.1) is 0 Å². The van der Waals surface area contributed by atoms with E-state index < -0.39 is 5.97 Å². The molecule has 2 aliphatic rings. The largest absolute Gasteiger partial charge is 0.480 e. The maximum atomic E-state index is 11.1. The van der Waals surface area contributed by atoms with Crippen LogP contribution in [0.1, 0.15) is 32.1 Å². The van der Waals surface area contributed by atoms with E-state index in [1.165, 1.54) is 6.42 Å². The highest BCUT2D eigenvalue weighted by Crippen LogP contribution is 2.43. The van der Waals surface area contributed by atoms with Gasteiger partial charge in [0.2, 0.25) is 0 Å². The van der Waals surface area contributed by atoms with E-state index in [-0.39, 0.29) is 12.1 Å². The molecule has 2 rings (SSSR count). The molecule has 0 amide bonds. The van der Waals surface area contributed by atoms with Crippen molar-refractivity contribution in [3.8, 4) is 0 Å². The first-order valence-electron chi connectivity index (χ1n) is 7.25. The van der Waals surface area contributed by atoms with Crippen molar-refractivity contribution in [1.29, 1.82) is 0 Å². The van der Waals surface area contributed by atoms with Crippen molar-refractivity contribution in [2.45, 2.75) is 43.7 Å². The van der Waals surface area contributed by atoms with Gasteiger partial charge in [-0.05, 0) is 46.2 Å². The Kier molecular flexibility index (Phi) is 4.81. The Morgan fingerprint density at radius 1 is 1.37 bits per heavy atom. The minimum Gasteiger partial charge on any atom is -0.480 e. The highest BCUT2D eigenvalue weighted by Gasteiger charge is 2.43. The Morgan fingerprint density at radius 3 is 2.63 bits per heavy atom. The fourth-order valence-electron chi connectivity index (χ4n) is 3.13. The van der Waals surface area contributed by atoms with Gasteiger partial charge in [0.05, 0.1) is 12.1 Å². The second kappa shape index (κ2) is 6.20. The van der Waals surface area contributed by atoms with Gasteiger partial charge in [-0.1, -0.05) is 0 Å². The number of hydrogen-bond donors (Lipinski definition) is 1. The van der Waals surface area contributed by atoms with Crippen molar-refractivity contribution in [2.75, 3.05) is 40.3 Å². The number of carboxylic acids is 1. The molecule has 1 unspecified atom stereocenters. The van der Waals surface area contributed by atoms with Crippen LogP contribution in [0.3, 0.4) is 0 Å². The first kappa shape index (κ1) is 14.8. The molecule has 1 aliphatic heterocycles. The van der Waals surface area contributed by atoms with Crippen molar-refractivity contribution in [1.82, 2.24) is 9.80 Å². The Hall–Kier alpha value is -0.650. The number of carbonyl (C=O) groups is 1. The van der Waals surface area contributed by atoms with Crippen LogP contribution in [0.4, 0.5) is 0 Å². The van der Waals surface area contributed by atoms with Gasteiger partial charge in [0, 0.05) is 25.7 Å². The summed E-state index contributed by atoms with van der Waals surface area (Å²) in [6.07, 6.45) is 5.52. The standard InChI is InChI=1S/C14H26N2O3/c1-15(2)7-8-16(11-13(17)18)12-4-9-19-14(10-12)5-3-6-14/h12H,3-11H2,1-2H3,(H,17,18). The van der Waals surface area contributed by atoms with Gasteiger partial charge in [-0.15, -0.1) is 0 Å². The van der Waals surface area contributed by atoms with Crippen LogP contribution in [0.25, 0.3) is 0 Å². The van der Waals surface area contributed by atoms with Crippen LogP contribution >= 0.6 is 0 Å². The SMILES string of the molecule is CN(C)CCN(CC(=O)O)C1CCOC2(CCC2)C1. The zero-order chi connectivity index (χ0) is 13.9. The molecule has 0 aromatic carbocycles. The molecule has 5 heteroatoms. The zero-order valence-electron chi connectivity index (χ0n) is 12.1. The Balaban J connectivity index is 1.93. The van der Waals surface area contributed by atoms with Crippen LogP contribution in [-0.2, 0) is 9.53 Å². The van der Waals surface area contributed by atoms with E-state index in [4.69, 9.17) is 9.84 Å². The molecule has 0 aromatic heterocycles. The summed E-state index contributed by atoms with van der Waals surface area (Å²) < 4.78 is 5.93. The fourth-order valence-corrected chi connectivity index (χ4v) is 3.13. The number of rotatable bonds is 6. The van der Waals surface area contributed by atoms with E-state index in [9.17, 15) is 4.79 Å². The maximum Gasteiger partial charge on any atom is 0.317 e. The van der Waals surface area contributed by atoms with Crippen LogP contribution in [-0.4, -0.2) is 72.9 Å². The van der Waals surface area contributed by atoms with Crippen molar-refractivity contribution >= 4 is 5.97 Å². The van der Waals surface area contributed by atoms with Crippen LogP contribution in [0.15, 0.2) is 0 Å². The summed E-state index contributed by atoms with van der Waals surface area (Å²) in [4.78, 5) is 15.3. The number of aliphatic carboxylic acids is 1. The molecule has 0 aromatic rings. The van der Waals surface area contributed by atoms with Gasteiger partial charge >= 0.3 is 5.97 Å².